The Morgan fingerprint density at radius 3 is 1.81 bits per heavy atom. The largest absolute Gasteiger partial charge is 0.450 e. The number of nitrogens with two attached hydrogens (primary N) is 2. The molecule has 0 rings (SSSR count). The normalized spacial score (nSPS) is 6.25. The molecule has 7 heteroatoms. The molecule has 7 nitrogen and oxygen atoms in total. The van der Waals surface area contributed by atoms with Crippen LogP contribution in [0.3, 0.4) is 0 Å². The van der Waals surface area contributed by atoms with Crippen LogP contribution in [0.15, 0.2) is 25.5 Å². The third-order valence-corrected chi connectivity index (χ3v) is 0.577. The molecule has 0 aromatic rings. The van der Waals surface area contributed by atoms with Crippen LogP contribution in [-0.4, -0.2) is 18.8 Å². The van der Waals surface area contributed by atoms with Gasteiger partial charge in [0.1, 0.15) is 0 Å². The van der Waals surface area contributed by atoms with Crippen LogP contribution in [0, 0.1) is 11.3 Å². The standard InChI is InChI=1S/C3H7NO2.C3H5NO2.C3H3N/c2*1-2-6-3(4)5;1-2-3-4/h2H2,1H3,(H2,4,5);2H,1H2,(H2,4,5);2H,1H2. The van der Waals surface area contributed by atoms with E-state index in [1.165, 1.54) is 6.08 Å². The summed E-state index contributed by atoms with van der Waals surface area (Å²) >= 11 is 0. The van der Waals surface area contributed by atoms with E-state index < -0.39 is 12.2 Å². The van der Waals surface area contributed by atoms with Crippen molar-refractivity contribution in [2.75, 3.05) is 6.61 Å². The molecule has 0 aromatic heterocycles. The second kappa shape index (κ2) is 18.3. The summed E-state index contributed by atoms with van der Waals surface area (Å²) in [5.41, 5.74) is 9.01. The zero-order chi connectivity index (χ0) is 13.4. The smallest absolute Gasteiger partial charge is 0.409 e. The monoisotopic (exact) mass is 229 g/mol. The lowest BCUT2D eigenvalue weighted by atomic mass is 10.8. The molecule has 0 atom stereocenters. The van der Waals surface area contributed by atoms with E-state index >= 15 is 0 Å². The molecule has 0 aliphatic rings. The zero-order valence-electron chi connectivity index (χ0n) is 9.01. The van der Waals surface area contributed by atoms with Gasteiger partial charge in [0.05, 0.1) is 18.9 Å². The number of ether oxygens (including phenoxy) is 2. The van der Waals surface area contributed by atoms with Crippen LogP contribution in [0.4, 0.5) is 9.59 Å². The number of rotatable bonds is 2. The number of nitriles is 1. The SMILES string of the molecule is C=CC#N.C=COC(N)=O.CCOC(N)=O. The molecule has 0 aromatic carbocycles. The molecule has 0 unspecified atom stereocenters. The molecular formula is C9H15N3O4. The van der Waals surface area contributed by atoms with Crippen molar-refractivity contribution in [3.63, 3.8) is 0 Å². The lowest BCUT2D eigenvalue weighted by Gasteiger charge is -1.89. The number of carbonyl (C=O) groups excluding carboxylic acids is 2. The van der Waals surface area contributed by atoms with Gasteiger partial charge >= 0.3 is 12.2 Å². The Morgan fingerprint density at radius 2 is 1.81 bits per heavy atom. The van der Waals surface area contributed by atoms with E-state index in [1.54, 1.807) is 13.0 Å². The van der Waals surface area contributed by atoms with E-state index in [-0.39, 0.29) is 0 Å². The third-order valence-electron chi connectivity index (χ3n) is 0.577. The molecule has 0 aliphatic heterocycles. The van der Waals surface area contributed by atoms with Crippen molar-refractivity contribution < 1.29 is 19.1 Å². The maximum atomic E-state index is 9.60. The summed E-state index contributed by atoms with van der Waals surface area (Å²) < 4.78 is 8.12. The first kappa shape index (κ1) is 19.1. The molecule has 0 bridgehead atoms. The zero-order valence-corrected chi connectivity index (χ0v) is 9.01. The van der Waals surface area contributed by atoms with E-state index in [4.69, 9.17) is 5.26 Å². The highest BCUT2D eigenvalue weighted by Crippen LogP contribution is 1.67. The first-order valence-electron chi connectivity index (χ1n) is 3.95. The fraction of sp³-hybridized carbons (Fsp3) is 0.222. The van der Waals surface area contributed by atoms with Crippen LogP contribution in [0.25, 0.3) is 0 Å². The third kappa shape index (κ3) is 62.5. The molecule has 0 spiro atoms. The average molecular weight is 229 g/mol. The van der Waals surface area contributed by atoms with E-state index in [2.05, 4.69) is 34.1 Å². The Kier molecular flexibility index (Phi) is 21.9. The van der Waals surface area contributed by atoms with Crippen molar-refractivity contribution in [3.8, 4) is 6.07 Å². The number of allylic oxidation sites excluding steroid dienone is 1. The lowest BCUT2D eigenvalue weighted by molar-refractivity contribution is 0.163. The lowest BCUT2D eigenvalue weighted by Crippen LogP contribution is -2.11. The van der Waals surface area contributed by atoms with Gasteiger partial charge in [-0.25, -0.2) is 9.59 Å². The van der Waals surface area contributed by atoms with Gasteiger partial charge in [-0.2, -0.15) is 5.26 Å². The molecule has 0 saturated heterocycles. The van der Waals surface area contributed by atoms with Crippen molar-refractivity contribution >= 4 is 12.2 Å². The van der Waals surface area contributed by atoms with Gasteiger partial charge in [-0.3, -0.25) is 0 Å². The number of primary amides is 2. The molecule has 16 heavy (non-hydrogen) atoms. The summed E-state index contributed by atoms with van der Waals surface area (Å²) in [6.45, 7) is 8.25. The fourth-order valence-corrected chi connectivity index (χ4v) is 0.224. The van der Waals surface area contributed by atoms with Gasteiger partial charge < -0.3 is 20.9 Å². The van der Waals surface area contributed by atoms with E-state index in [0.717, 1.165) is 6.26 Å². The number of carbonyl (C=O) groups is 2. The first-order valence-corrected chi connectivity index (χ1v) is 3.95. The predicted octanol–water partition coefficient (Wildman–Crippen LogP) is 1.02. The van der Waals surface area contributed by atoms with Crippen LogP contribution in [0.5, 0.6) is 0 Å². The number of hydrogen-bond acceptors (Lipinski definition) is 5. The molecule has 90 valence electrons. The molecule has 0 saturated carbocycles. The second-order valence-electron chi connectivity index (χ2n) is 1.69. The van der Waals surface area contributed by atoms with Crippen LogP contribution in [0.1, 0.15) is 6.92 Å². The highest BCUT2D eigenvalue weighted by atomic mass is 16.5. The Morgan fingerprint density at radius 1 is 1.38 bits per heavy atom. The Labute approximate surface area is 93.9 Å². The Bertz CT molecular complexity index is 258. The van der Waals surface area contributed by atoms with E-state index in [1.807, 2.05) is 0 Å². The van der Waals surface area contributed by atoms with Crippen molar-refractivity contribution in [1.82, 2.24) is 0 Å². The van der Waals surface area contributed by atoms with Gasteiger partial charge in [0.2, 0.25) is 0 Å². The molecule has 0 fully saturated rings. The maximum Gasteiger partial charge on any atom is 0.409 e. The highest BCUT2D eigenvalue weighted by Gasteiger charge is 1.82. The topological polar surface area (TPSA) is 128 Å². The first-order chi connectivity index (χ1) is 7.45. The Balaban J connectivity index is -0.000000162. The summed E-state index contributed by atoms with van der Waals surface area (Å²) in [7, 11) is 0. The van der Waals surface area contributed by atoms with E-state index in [9.17, 15) is 9.59 Å². The molecule has 0 radical (unpaired) electrons. The van der Waals surface area contributed by atoms with Crippen LogP contribution in [0.2, 0.25) is 0 Å². The van der Waals surface area contributed by atoms with Gasteiger partial charge in [0.15, 0.2) is 0 Å². The summed E-state index contributed by atoms with van der Waals surface area (Å²) in [5.74, 6) is 0. The fourth-order valence-electron chi connectivity index (χ4n) is 0.224. The number of amides is 2. The number of nitrogens with zero attached hydrogens (tertiary/aromatic N) is 1. The summed E-state index contributed by atoms with van der Waals surface area (Å²) in [4.78, 5) is 19.1. The van der Waals surface area contributed by atoms with Crippen molar-refractivity contribution in [3.05, 3.63) is 25.5 Å². The predicted molar refractivity (Wildman–Crippen MR) is 57.9 cm³/mol. The maximum absolute atomic E-state index is 9.60. The molecular weight excluding hydrogens is 214 g/mol. The minimum atomic E-state index is -0.829. The van der Waals surface area contributed by atoms with Crippen molar-refractivity contribution in [1.29, 1.82) is 5.26 Å². The van der Waals surface area contributed by atoms with Gasteiger partial charge in [-0.1, -0.05) is 13.2 Å². The number of hydrogen-bond donors (Lipinski definition) is 2. The van der Waals surface area contributed by atoms with Gasteiger partial charge in [0.25, 0.3) is 0 Å². The minimum absolute atomic E-state index is 0.356. The summed E-state index contributed by atoms with van der Waals surface area (Å²) in [6, 6.07) is 1.69. The van der Waals surface area contributed by atoms with Crippen molar-refractivity contribution in [2.45, 2.75) is 6.92 Å². The molecule has 4 N–H and O–H groups in total. The minimum Gasteiger partial charge on any atom is -0.450 e. The van der Waals surface area contributed by atoms with Crippen LogP contribution >= 0.6 is 0 Å². The van der Waals surface area contributed by atoms with Gasteiger partial charge in [-0.05, 0) is 6.92 Å². The quantitative estimate of drug-likeness (QED) is 0.539. The second-order valence-corrected chi connectivity index (χ2v) is 1.69. The average Bonchev–Trinajstić information content (AvgIpc) is 2.18. The van der Waals surface area contributed by atoms with Crippen LogP contribution < -0.4 is 11.5 Å². The highest BCUT2D eigenvalue weighted by molar-refractivity contribution is 5.65. The molecule has 0 aliphatic carbocycles. The van der Waals surface area contributed by atoms with Gasteiger partial charge in [0, 0.05) is 6.08 Å². The molecule has 0 heterocycles. The Hall–Kier alpha value is -2.49. The van der Waals surface area contributed by atoms with Crippen molar-refractivity contribution in [2.24, 2.45) is 11.5 Å². The van der Waals surface area contributed by atoms with Crippen LogP contribution in [-0.2, 0) is 9.47 Å². The summed E-state index contributed by atoms with van der Waals surface area (Å²) in [5, 5.41) is 7.51. The van der Waals surface area contributed by atoms with E-state index in [0.29, 0.717) is 6.61 Å². The summed E-state index contributed by atoms with van der Waals surface area (Å²) in [6.07, 6.45) is 0.616. The molecule has 2 amide bonds. The van der Waals surface area contributed by atoms with Gasteiger partial charge in [-0.15, -0.1) is 0 Å².